The SMILES string of the molecule is Cc1cccc(-c2nnc(SCC(=O)Nc3nc(C)cs3)n2C(C)C)c1. The van der Waals surface area contributed by atoms with E-state index in [0.717, 1.165) is 22.2 Å². The second kappa shape index (κ2) is 8.01. The third-order valence-electron chi connectivity index (χ3n) is 3.65. The topological polar surface area (TPSA) is 72.7 Å². The lowest BCUT2D eigenvalue weighted by atomic mass is 10.1. The number of carbonyl (C=O) groups is 1. The van der Waals surface area contributed by atoms with Crippen LogP contribution in [-0.4, -0.2) is 31.4 Å². The van der Waals surface area contributed by atoms with Gasteiger partial charge >= 0.3 is 0 Å². The molecule has 3 aromatic rings. The summed E-state index contributed by atoms with van der Waals surface area (Å²) in [6.07, 6.45) is 0. The molecule has 1 N–H and O–H groups in total. The third kappa shape index (κ3) is 4.31. The number of hydrogen-bond acceptors (Lipinski definition) is 6. The predicted molar refractivity (Wildman–Crippen MR) is 107 cm³/mol. The molecule has 8 heteroatoms. The van der Waals surface area contributed by atoms with Crippen LogP contribution in [0.5, 0.6) is 0 Å². The maximum Gasteiger partial charge on any atom is 0.236 e. The van der Waals surface area contributed by atoms with Crippen LogP contribution >= 0.6 is 23.1 Å². The Kier molecular flexibility index (Phi) is 5.73. The van der Waals surface area contributed by atoms with Gasteiger partial charge in [0, 0.05) is 17.0 Å². The van der Waals surface area contributed by atoms with E-state index in [0.29, 0.717) is 5.13 Å². The Morgan fingerprint density at radius 2 is 2.12 bits per heavy atom. The number of aromatic nitrogens is 4. The lowest BCUT2D eigenvalue weighted by molar-refractivity contribution is -0.113. The molecule has 1 aromatic carbocycles. The average Bonchev–Trinajstić information content (AvgIpc) is 3.19. The molecule has 0 aliphatic carbocycles. The van der Waals surface area contributed by atoms with E-state index in [9.17, 15) is 4.79 Å². The first-order chi connectivity index (χ1) is 12.4. The number of thioether (sulfide) groups is 1. The molecule has 2 heterocycles. The summed E-state index contributed by atoms with van der Waals surface area (Å²) in [5.41, 5.74) is 3.11. The molecule has 0 saturated carbocycles. The molecule has 0 aliphatic rings. The Bertz CT molecular complexity index is 916. The van der Waals surface area contributed by atoms with E-state index in [1.54, 1.807) is 0 Å². The fourth-order valence-electron chi connectivity index (χ4n) is 2.52. The van der Waals surface area contributed by atoms with E-state index in [-0.39, 0.29) is 17.7 Å². The van der Waals surface area contributed by atoms with Crippen LogP contribution in [0.3, 0.4) is 0 Å². The number of rotatable bonds is 6. The average molecular weight is 388 g/mol. The van der Waals surface area contributed by atoms with Crippen molar-refractivity contribution in [1.29, 1.82) is 0 Å². The molecular formula is C18H21N5OS2. The minimum Gasteiger partial charge on any atom is -0.301 e. The zero-order chi connectivity index (χ0) is 18.7. The van der Waals surface area contributed by atoms with Gasteiger partial charge in [-0.05, 0) is 33.8 Å². The highest BCUT2D eigenvalue weighted by Crippen LogP contribution is 2.28. The van der Waals surface area contributed by atoms with E-state index in [1.165, 1.54) is 28.7 Å². The maximum atomic E-state index is 12.2. The molecule has 1 amide bonds. The van der Waals surface area contributed by atoms with Crippen LogP contribution < -0.4 is 5.32 Å². The van der Waals surface area contributed by atoms with E-state index >= 15 is 0 Å². The fourth-order valence-corrected chi connectivity index (χ4v) is 4.09. The van der Waals surface area contributed by atoms with Gasteiger partial charge in [-0.15, -0.1) is 21.5 Å². The van der Waals surface area contributed by atoms with Crippen LogP contribution in [0.15, 0.2) is 34.8 Å². The van der Waals surface area contributed by atoms with Crippen LogP contribution in [-0.2, 0) is 4.79 Å². The highest BCUT2D eigenvalue weighted by atomic mass is 32.2. The number of thiazole rings is 1. The Morgan fingerprint density at radius 3 is 2.77 bits per heavy atom. The van der Waals surface area contributed by atoms with Crippen molar-refractivity contribution in [3.8, 4) is 11.4 Å². The molecular weight excluding hydrogens is 366 g/mol. The van der Waals surface area contributed by atoms with E-state index in [4.69, 9.17) is 0 Å². The van der Waals surface area contributed by atoms with Gasteiger partial charge in [0.2, 0.25) is 5.91 Å². The van der Waals surface area contributed by atoms with Crippen LogP contribution in [0.4, 0.5) is 5.13 Å². The molecule has 0 bridgehead atoms. The first-order valence-corrected chi connectivity index (χ1v) is 10.2. The lowest BCUT2D eigenvalue weighted by Crippen LogP contribution is -2.15. The molecule has 0 saturated heterocycles. The third-order valence-corrected chi connectivity index (χ3v) is 5.47. The van der Waals surface area contributed by atoms with Crippen molar-refractivity contribution in [1.82, 2.24) is 19.7 Å². The summed E-state index contributed by atoms with van der Waals surface area (Å²) >= 11 is 2.81. The largest absolute Gasteiger partial charge is 0.301 e. The summed E-state index contributed by atoms with van der Waals surface area (Å²) in [7, 11) is 0. The van der Waals surface area contributed by atoms with Gasteiger partial charge in [-0.3, -0.25) is 9.36 Å². The van der Waals surface area contributed by atoms with Crippen molar-refractivity contribution in [2.45, 2.75) is 38.9 Å². The van der Waals surface area contributed by atoms with Crippen molar-refractivity contribution in [3.63, 3.8) is 0 Å². The molecule has 2 aromatic heterocycles. The molecule has 0 aliphatic heterocycles. The fraction of sp³-hybridized carbons (Fsp3) is 0.333. The van der Waals surface area contributed by atoms with Crippen LogP contribution in [0.1, 0.15) is 31.1 Å². The predicted octanol–water partition coefficient (Wildman–Crippen LogP) is 4.33. The number of aryl methyl sites for hydroxylation is 2. The van der Waals surface area contributed by atoms with E-state index < -0.39 is 0 Å². The lowest BCUT2D eigenvalue weighted by Gasteiger charge is -2.14. The Balaban J connectivity index is 1.75. The molecule has 3 rings (SSSR count). The van der Waals surface area contributed by atoms with Crippen molar-refractivity contribution < 1.29 is 4.79 Å². The van der Waals surface area contributed by atoms with Gasteiger partial charge in [-0.1, -0.05) is 35.5 Å². The highest BCUT2D eigenvalue weighted by molar-refractivity contribution is 7.99. The number of carbonyl (C=O) groups excluding carboxylic acids is 1. The van der Waals surface area contributed by atoms with Gasteiger partial charge in [0.25, 0.3) is 0 Å². The van der Waals surface area contributed by atoms with Gasteiger partial charge in [0.1, 0.15) is 0 Å². The van der Waals surface area contributed by atoms with Crippen LogP contribution in [0, 0.1) is 13.8 Å². The van der Waals surface area contributed by atoms with E-state index in [2.05, 4.69) is 58.0 Å². The number of benzene rings is 1. The maximum absolute atomic E-state index is 12.2. The summed E-state index contributed by atoms with van der Waals surface area (Å²) in [5, 5.41) is 14.8. The number of nitrogens with zero attached hydrogens (tertiary/aromatic N) is 4. The van der Waals surface area contributed by atoms with Crippen molar-refractivity contribution in [2.24, 2.45) is 0 Å². The molecule has 0 atom stereocenters. The molecule has 0 spiro atoms. The van der Waals surface area contributed by atoms with Crippen LogP contribution in [0.25, 0.3) is 11.4 Å². The Hall–Kier alpha value is -2.19. The molecule has 0 radical (unpaired) electrons. The first kappa shape index (κ1) is 18.6. The summed E-state index contributed by atoms with van der Waals surface area (Å²) in [5.74, 6) is 0.985. The first-order valence-electron chi connectivity index (χ1n) is 8.30. The normalized spacial score (nSPS) is 11.1. The van der Waals surface area contributed by atoms with Gasteiger partial charge in [0.05, 0.1) is 11.4 Å². The highest BCUT2D eigenvalue weighted by Gasteiger charge is 2.18. The molecule has 6 nitrogen and oxygen atoms in total. The van der Waals surface area contributed by atoms with Crippen molar-refractivity contribution in [2.75, 3.05) is 11.1 Å². The van der Waals surface area contributed by atoms with Gasteiger partial charge in [-0.2, -0.15) is 0 Å². The Morgan fingerprint density at radius 1 is 1.31 bits per heavy atom. The standard InChI is InChI=1S/C18H21N5OS2/c1-11(2)23-16(14-7-5-6-12(3)8-14)21-22-18(23)26-10-15(24)20-17-19-13(4)9-25-17/h5-9,11H,10H2,1-4H3,(H,19,20,24). The minimum atomic E-state index is -0.0974. The summed E-state index contributed by atoms with van der Waals surface area (Å²) in [4.78, 5) is 16.4. The number of amides is 1. The van der Waals surface area contributed by atoms with Crippen LogP contribution in [0.2, 0.25) is 0 Å². The smallest absolute Gasteiger partial charge is 0.236 e. The van der Waals surface area contributed by atoms with Crippen molar-refractivity contribution >= 4 is 34.1 Å². The molecule has 0 fully saturated rings. The van der Waals surface area contributed by atoms with Gasteiger partial charge in [0.15, 0.2) is 16.1 Å². The van der Waals surface area contributed by atoms with Gasteiger partial charge < -0.3 is 5.32 Å². The summed E-state index contributed by atoms with van der Waals surface area (Å²) in [6.45, 7) is 8.13. The summed E-state index contributed by atoms with van der Waals surface area (Å²) in [6, 6.07) is 8.38. The molecule has 26 heavy (non-hydrogen) atoms. The van der Waals surface area contributed by atoms with Crippen molar-refractivity contribution in [3.05, 3.63) is 40.9 Å². The number of nitrogens with one attached hydrogen (secondary N) is 1. The summed E-state index contributed by atoms with van der Waals surface area (Å²) < 4.78 is 2.07. The number of hydrogen-bond donors (Lipinski definition) is 1. The van der Waals surface area contributed by atoms with Gasteiger partial charge in [-0.25, -0.2) is 4.98 Å². The second-order valence-corrected chi connectivity index (χ2v) is 8.07. The molecule has 136 valence electrons. The Labute approximate surface area is 161 Å². The zero-order valence-corrected chi connectivity index (χ0v) is 16.8. The molecule has 0 unspecified atom stereocenters. The quantitative estimate of drug-likeness (QED) is 0.637. The minimum absolute atomic E-state index is 0.0974. The second-order valence-electron chi connectivity index (χ2n) is 6.27. The monoisotopic (exact) mass is 387 g/mol. The zero-order valence-electron chi connectivity index (χ0n) is 15.2. The van der Waals surface area contributed by atoms with E-state index in [1.807, 2.05) is 24.4 Å². The number of anilines is 1.